The van der Waals surface area contributed by atoms with Crippen LogP contribution in [0.4, 0.5) is 0 Å². The van der Waals surface area contributed by atoms with Crippen LogP contribution in [-0.2, 0) is 4.84 Å². The number of aliphatic imine (C=N–C) groups is 1. The summed E-state index contributed by atoms with van der Waals surface area (Å²) in [7, 11) is 0. The molecule has 0 aromatic heterocycles. The van der Waals surface area contributed by atoms with Crippen molar-refractivity contribution in [1.82, 2.24) is 5.48 Å². The van der Waals surface area contributed by atoms with Crippen molar-refractivity contribution in [3.63, 3.8) is 0 Å². The van der Waals surface area contributed by atoms with Crippen molar-refractivity contribution in [2.45, 2.75) is 37.8 Å². The fourth-order valence-electron chi connectivity index (χ4n) is 3.55. The summed E-state index contributed by atoms with van der Waals surface area (Å²) in [4.78, 5) is 10.4. The quantitative estimate of drug-likeness (QED) is 0.865. The van der Waals surface area contributed by atoms with Crippen molar-refractivity contribution in [3.05, 3.63) is 41.7 Å². The lowest BCUT2D eigenvalue weighted by Crippen LogP contribution is -2.40. The van der Waals surface area contributed by atoms with Gasteiger partial charge in [-0.1, -0.05) is 36.8 Å². The molecule has 0 spiro atoms. The summed E-state index contributed by atoms with van der Waals surface area (Å²) < 4.78 is 0. The van der Waals surface area contributed by atoms with E-state index in [-0.39, 0.29) is 12.1 Å². The lowest BCUT2D eigenvalue weighted by Gasteiger charge is -2.33. The van der Waals surface area contributed by atoms with Crippen LogP contribution < -0.4 is 11.2 Å². The molecule has 1 aliphatic carbocycles. The molecule has 3 atom stereocenters. The maximum atomic E-state index is 5.97. The van der Waals surface area contributed by atoms with E-state index in [1.54, 1.807) is 0 Å². The number of nitrogens with one attached hydrogen (secondary N) is 1. The Labute approximate surface area is 118 Å². The van der Waals surface area contributed by atoms with Crippen molar-refractivity contribution in [3.8, 4) is 0 Å². The van der Waals surface area contributed by atoms with E-state index < -0.39 is 0 Å². The molecule has 5 rings (SSSR count). The third-order valence-corrected chi connectivity index (χ3v) is 4.55. The van der Waals surface area contributed by atoms with Gasteiger partial charge in [0.05, 0.1) is 23.8 Å². The van der Waals surface area contributed by atoms with Crippen molar-refractivity contribution in [2.75, 3.05) is 0 Å². The zero-order chi connectivity index (χ0) is 13.5. The number of nitrogens with zero attached hydrogens (tertiary/aromatic N) is 1. The normalized spacial score (nSPS) is 32.2. The fraction of sp³-hybridized carbons (Fsp3) is 0.438. The monoisotopic (exact) mass is 269 g/mol. The predicted octanol–water partition coefficient (Wildman–Crippen LogP) is 2.23. The first-order chi connectivity index (χ1) is 9.84. The molecule has 1 fully saturated rings. The SMILES string of the molecule is NC1=NC(C2C3=C(c4ccccc4)C2NO3)CCCC1. The molecular weight excluding hydrogens is 250 g/mol. The second-order valence-corrected chi connectivity index (χ2v) is 5.80. The van der Waals surface area contributed by atoms with Crippen LogP contribution in [0, 0.1) is 5.92 Å². The number of nitrogens with two attached hydrogens (primary N) is 1. The lowest BCUT2D eigenvalue weighted by atomic mass is 9.72. The number of hydrogen-bond donors (Lipinski definition) is 2. The van der Waals surface area contributed by atoms with E-state index in [2.05, 4.69) is 29.7 Å². The fourth-order valence-corrected chi connectivity index (χ4v) is 3.55. The van der Waals surface area contributed by atoms with Crippen LogP contribution in [0.2, 0.25) is 0 Å². The molecule has 0 saturated carbocycles. The van der Waals surface area contributed by atoms with E-state index in [0.717, 1.165) is 30.9 Å². The Morgan fingerprint density at radius 1 is 1.20 bits per heavy atom. The number of hydroxylamine groups is 1. The van der Waals surface area contributed by atoms with Gasteiger partial charge in [0.15, 0.2) is 0 Å². The number of amidine groups is 1. The molecule has 104 valence electrons. The summed E-state index contributed by atoms with van der Waals surface area (Å²) in [6, 6.07) is 11.0. The minimum atomic E-state index is 0.270. The molecule has 4 heteroatoms. The average molecular weight is 269 g/mol. The maximum Gasteiger partial charge on any atom is 0.137 e. The van der Waals surface area contributed by atoms with Gasteiger partial charge in [0.2, 0.25) is 0 Å². The Morgan fingerprint density at radius 2 is 2.05 bits per heavy atom. The van der Waals surface area contributed by atoms with Gasteiger partial charge in [-0.05, 0) is 18.4 Å². The van der Waals surface area contributed by atoms with Gasteiger partial charge in [-0.25, -0.2) is 0 Å². The molecule has 3 N–H and O–H groups in total. The minimum Gasteiger partial charge on any atom is -0.412 e. The van der Waals surface area contributed by atoms with E-state index in [0.29, 0.717) is 5.92 Å². The molecule has 4 nitrogen and oxygen atoms in total. The van der Waals surface area contributed by atoms with Gasteiger partial charge in [-0.15, -0.1) is 5.48 Å². The molecule has 0 radical (unpaired) electrons. The highest BCUT2D eigenvalue weighted by atomic mass is 16.7. The molecule has 1 saturated heterocycles. The van der Waals surface area contributed by atoms with Gasteiger partial charge >= 0.3 is 0 Å². The summed E-state index contributed by atoms with van der Waals surface area (Å²) in [6.45, 7) is 0. The Kier molecular flexibility index (Phi) is 2.77. The van der Waals surface area contributed by atoms with Crippen molar-refractivity contribution < 1.29 is 4.84 Å². The summed E-state index contributed by atoms with van der Waals surface area (Å²) in [5.41, 5.74) is 11.7. The molecule has 2 bridgehead atoms. The van der Waals surface area contributed by atoms with Gasteiger partial charge in [0, 0.05) is 12.0 Å². The summed E-state index contributed by atoms with van der Waals surface area (Å²) in [6.07, 6.45) is 4.40. The summed E-state index contributed by atoms with van der Waals surface area (Å²) >= 11 is 0. The first-order valence-electron chi connectivity index (χ1n) is 7.38. The van der Waals surface area contributed by atoms with Gasteiger partial charge in [0.1, 0.15) is 5.76 Å². The maximum absolute atomic E-state index is 5.97. The van der Waals surface area contributed by atoms with Crippen molar-refractivity contribution in [2.24, 2.45) is 16.6 Å². The molecule has 3 heterocycles. The first-order valence-corrected chi connectivity index (χ1v) is 7.38. The molecular formula is C16H19N3O. The molecule has 1 aromatic carbocycles. The zero-order valence-electron chi connectivity index (χ0n) is 11.4. The third-order valence-electron chi connectivity index (χ3n) is 4.55. The van der Waals surface area contributed by atoms with E-state index in [1.807, 2.05) is 6.07 Å². The lowest BCUT2D eigenvalue weighted by molar-refractivity contribution is 0.165. The Hall–Kier alpha value is -1.81. The average Bonchev–Trinajstić information content (AvgIpc) is 3.01. The Bertz CT molecular complexity index is 579. The van der Waals surface area contributed by atoms with Crippen molar-refractivity contribution in [1.29, 1.82) is 0 Å². The molecule has 20 heavy (non-hydrogen) atoms. The Morgan fingerprint density at radius 3 is 2.80 bits per heavy atom. The van der Waals surface area contributed by atoms with Gasteiger partial charge in [-0.2, -0.15) is 0 Å². The minimum absolute atomic E-state index is 0.270. The van der Waals surface area contributed by atoms with E-state index in [4.69, 9.17) is 15.6 Å². The topological polar surface area (TPSA) is 59.6 Å². The zero-order valence-corrected chi connectivity index (χ0v) is 11.4. The summed E-state index contributed by atoms with van der Waals surface area (Å²) in [5.74, 6) is 2.24. The van der Waals surface area contributed by atoms with E-state index in [9.17, 15) is 0 Å². The van der Waals surface area contributed by atoms with E-state index in [1.165, 1.54) is 17.6 Å². The van der Waals surface area contributed by atoms with Crippen LogP contribution in [0.1, 0.15) is 31.2 Å². The van der Waals surface area contributed by atoms with Crippen LogP contribution >= 0.6 is 0 Å². The van der Waals surface area contributed by atoms with E-state index >= 15 is 0 Å². The number of hydrogen-bond acceptors (Lipinski definition) is 4. The molecule has 1 aromatic rings. The van der Waals surface area contributed by atoms with Crippen LogP contribution in [0.15, 0.2) is 41.1 Å². The highest BCUT2D eigenvalue weighted by molar-refractivity contribution is 5.82. The third kappa shape index (κ3) is 1.75. The second-order valence-electron chi connectivity index (χ2n) is 5.80. The summed E-state index contributed by atoms with van der Waals surface area (Å²) in [5, 5.41) is 0. The van der Waals surface area contributed by atoms with Gasteiger partial charge in [-0.3, -0.25) is 4.99 Å². The molecule has 0 amide bonds. The number of benzene rings is 1. The predicted molar refractivity (Wildman–Crippen MR) is 78.7 cm³/mol. The van der Waals surface area contributed by atoms with Gasteiger partial charge in [0.25, 0.3) is 0 Å². The molecule has 3 unspecified atom stereocenters. The van der Waals surface area contributed by atoms with Gasteiger partial charge < -0.3 is 10.6 Å². The number of rotatable bonds is 2. The molecule has 4 aliphatic rings. The first kappa shape index (κ1) is 12.0. The smallest absolute Gasteiger partial charge is 0.137 e. The van der Waals surface area contributed by atoms with Crippen LogP contribution in [0.25, 0.3) is 5.57 Å². The number of fused-ring (bicyclic) bond motifs is 1. The van der Waals surface area contributed by atoms with Crippen LogP contribution in [0.5, 0.6) is 0 Å². The highest BCUT2D eigenvalue weighted by Gasteiger charge is 2.52. The van der Waals surface area contributed by atoms with Crippen LogP contribution in [0.3, 0.4) is 0 Å². The highest BCUT2D eigenvalue weighted by Crippen LogP contribution is 2.50. The Balaban J connectivity index is 1.64. The van der Waals surface area contributed by atoms with Crippen molar-refractivity contribution >= 4 is 11.4 Å². The largest absolute Gasteiger partial charge is 0.412 e. The van der Waals surface area contributed by atoms with Crippen LogP contribution in [-0.4, -0.2) is 17.9 Å². The molecule has 3 aliphatic heterocycles. The second kappa shape index (κ2) is 4.63. The standard InChI is InChI=1S/C16H19N3O/c17-12-9-5-4-8-11(18-12)14-15-13(16(14)20-19-15)10-6-2-1-3-7-10/h1-3,6-7,11,14-15,19H,4-5,8-9H2,(H2,17,18).